The van der Waals surface area contributed by atoms with Gasteiger partial charge in [-0.1, -0.05) is 0 Å². The van der Waals surface area contributed by atoms with Crippen LogP contribution in [0.5, 0.6) is 0 Å². The smallest absolute Gasteiger partial charge is 0.264 e. The van der Waals surface area contributed by atoms with Gasteiger partial charge in [0, 0.05) is 36.8 Å². The van der Waals surface area contributed by atoms with Gasteiger partial charge in [-0.2, -0.15) is 0 Å². The Bertz CT molecular complexity index is 820. The molecule has 0 spiro atoms. The summed E-state index contributed by atoms with van der Waals surface area (Å²) in [5.74, 6) is -0.406. The Morgan fingerprint density at radius 2 is 2.19 bits per heavy atom. The molecule has 0 saturated carbocycles. The third kappa shape index (κ3) is 3.88. The van der Waals surface area contributed by atoms with Crippen molar-refractivity contribution in [2.24, 2.45) is 5.73 Å². The lowest BCUT2D eigenvalue weighted by Crippen LogP contribution is -2.49. The summed E-state index contributed by atoms with van der Waals surface area (Å²) in [6.07, 6.45) is 3.16. The van der Waals surface area contributed by atoms with Crippen LogP contribution in [0.2, 0.25) is 0 Å². The normalized spacial score (nSPS) is 17.5. The molecule has 1 aromatic carbocycles. The molecule has 5 nitrogen and oxygen atoms in total. The van der Waals surface area contributed by atoms with E-state index in [1.54, 1.807) is 6.07 Å². The lowest BCUT2D eigenvalue weighted by atomic mass is 10.0. The van der Waals surface area contributed by atoms with Crippen LogP contribution in [-0.4, -0.2) is 42.4 Å². The van der Waals surface area contributed by atoms with Gasteiger partial charge in [-0.15, -0.1) is 11.3 Å². The molecule has 140 valence electrons. The predicted octanol–water partition coefficient (Wildman–Crippen LogP) is 2.81. The summed E-state index contributed by atoms with van der Waals surface area (Å²) in [6.45, 7) is 3.31. The molecule has 2 amide bonds. The summed E-state index contributed by atoms with van der Waals surface area (Å²) in [5.41, 5.74) is 6.23. The van der Waals surface area contributed by atoms with Crippen molar-refractivity contribution < 1.29 is 14.0 Å². The standard InChI is InChI=1S/C19H24FN3O2S/c1-12-15-10-13(20)5-6-16(15)26-18(12)19(25)23-9-3-2-4-14(23)11-22-17(24)7-8-21/h5-6,10,14H,2-4,7-9,11,21H2,1H3,(H,22,24). The molecular weight excluding hydrogens is 353 g/mol. The number of benzene rings is 1. The van der Waals surface area contributed by atoms with Crippen LogP contribution in [0.4, 0.5) is 4.39 Å². The van der Waals surface area contributed by atoms with Gasteiger partial charge in [0.2, 0.25) is 5.91 Å². The second kappa shape index (κ2) is 8.14. The number of amides is 2. The summed E-state index contributed by atoms with van der Waals surface area (Å²) in [7, 11) is 0. The number of aryl methyl sites for hydroxylation is 1. The van der Waals surface area contributed by atoms with Crippen molar-refractivity contribution >= 4 is 33.2 Å². The fraction of sp³-hybridized carbons (Fsp3) is 0.474. The van der Waals surface area contributed by atoms with Crippen LogP contribution in [0.15, 0.2) is 18.2 Å². The highest BCUT2D eigenvalue weighted by atomic mass is 32.1. The molecule has 1 aliphatic heterocycles. The van der Waals surface area contributed by atoms with Crippen molar-refractivity contribution in [2.75, 3.05) is 19.6 Å². The number of nitrogens with one attached hydrogen (secondary N) is 1. The molecule has 1 fully saturated rings. The molecule has 1 aliphatic rings. The molecule has 1 aromatic heterocycles. The van der Waals surface area contributed by atoms with Crippen molar-refractivity contribution in [3.05, 3.63) is 34.5 Å². The first-order chi connectivity index (χ1) is 12.5. The summed E-state index contributed by atoms with van der Waals surface area (Å²) >= 11 is 1.41. The third-order valence-corrected chi connectivity index (χ3v) is 6.15. The number of rotatable bonds is 5. The first-order valence-corrected chi connectivity index (χ1v) is 9.79. The summed E-state index contributed by atoms with van der Waals surface area (Å²) < 4.78 is 14.5. The highest BCUT2D eigenvalue weighted by Gasteiger charge is 2.30. The van der Waals surface area contributed by atoms with E-state index in [9.17, 15) is 14.0 Å². The fourth-order valence-corrected chi connectivity index (χ4v) is 4.60. The number of fused-ring (bicyclic) bond motifs is 1. The molecule has 1 unspecified atom stereocenters. The number of carbonyl (C=O) groups excluding carboxylic acids is 2. The van der Waals surface area contributed by atoms with Gasteiger partial charge in [0.05, 0.1) is 4.88 Å². The van der Waals surface area contributed by atoms with E-state index in [1.165, 1.54) is 23.5 Å². The van der Waals surface area contributed by atoms with E-state index in [4.69, 9.17) is 5.73 Å². The molecule has 2 aromatic rings. The topological polar surface area (TPSA) is 75.4 Å². The minimum Gasteiger partial charge on any atom is -0.354 e. The number of carbonyl (C=O) groups is 2. The minimum atomic E-state index is -0.295. The Kier molecular flexibility index (Phi) is 5.88. The van der Waals surface area contributed by atoms with Gasteiger partial charge in [0.1, 0.15) is 5.82 Å². The highest BCUT2D eigenvalue weighted by molar-refractivity contribution is 7.21. The Balaban J connectivity index is 1.80. The van der Waals surface area contributed by atoms with E-state index < -0.39 is 0 Å². The molecule has 1 atom stereocenters. The SMILES string of the molecule is Cc1c(C(=O)N2CCCCC2CNC(=O)CCN)sc2ccc(F)cc12. The summed E-state index contributed by atoms with van der Waals surface area (Å²) in [5, 5.41) is 3.67. The van der Waals surface area contributed by atoms with Crippen molar-refractivity contribution in [3.63, 3.8) is 0 Å². The van der Waals surface area contributed by atoms with Crippen LogP contribution in [0, 0.1) is 12.7 Å². The van der Waals surface area contributed by atoms with Gasteiger partial charge in [-0.25, -0.2) is 4.39 Å². The van der Waals surface area contributed by atoms with Crippen LogP contribution in [0.25, 0.3) is 10.1 Å². The Hall–Kier alpha value is -1.99. The zero-order valence-electron chi connectivity index (χ0n) is 14.9. The maximum atomic E-state index is 13.5. The number of thiophene rings is 1. The average molecular weight is 377 g/mol. The van der Waals surface area contributed by atoms with Crippen molar-refractivity contribution in [1.29, 1.82) is 0 Å². The van der Waals surface area contributed by atoms with Crippen molar-refractivity contribution in [3.8, 4) is 0 Å². The molecule has 2 heterocycles. The number of halogens is 1. The fourth-order valence-electron chi connectivity index (χ4n) is 3.46. The first-order valence-electron chi connectivity index (χ1n) is 8.97. The van der Waals surface area contributed by atoms with E-state index >= 15 is 0 Å². The monoisotopic (exact) mass is 377 g/mol. The molecule has 0 aliphatic carbocycles. The number of hydrogen-bond acceptors (Lipinski definition) is 4. The van der Waals surface area contributed by atoms with Gasteiger partial charge in [-0.3, -0.25) is 9.59 Å². The second-order valence-corrected chi connectivity index (χ2v) is 7.74. The number of likely N-dealkylation sites (tertiary alicyclic amines) is 1. The maximum Gasteiger partial charge on any atom is 0.264 e. The van der Waals surface area contributed by atoms with Gasteiger partial charge in [0.15, 0.2) is 0 Å². The zero-order valence-corrected chi connectivity index (χ0v) is 15.7. The van der Waals surface area contributed by atoms with E-state index in [2.05, 4.69) is 5.32 Å². The number of nitrogens with zero attached hydrogens (tertiary/aromatic N) is 1. The molecule has 0 radical (unpaired) electrons. The molecule has 7 heteroatoms. The van der Waals surface area contributed by atoms with Crippen LogP contribution in [0.1, 0.15) is 40.9 Å². The van der Waals surface area contributed by atoms with Crippen LogP contribution in [-0.2, 0) is 4.79 Å². The van der Waals surface area contributed by atoms with Crippen LogP contribution in [0.3, 0.4) is 0 Å². The lowest BCUT2D eigenvalue weighted by molar-refractivity contribution is -0.121. The number of nitrogens with two attached hydrogens (primary N) is 1. The molecular formula is C19H24FN3O2S. The Morgan fingerprint density at radius 1 is 1.38 bits per heavy atom. The van der Waals surface area contributed by atoms with E-state index in [0.717, 1.165) is 34.9 Å². The molecule has 0 bridgehead atoms. The molecule has 3 rings (SSSR count). The van der Waals surface area contributed by atoms with E-state index in [-0.39, 0.29) is 23.7 Å². The second-order valence-electron chi connectivity index (χ2n) is 6.69. The van der Waals surface area contributed by atoms with E-state index in [0.29, 0.717) is 30.9 Å². The lowest BCUT2D eigenvalue weighted by Gasteiger charge is -2.35. The molecule has 3 N–H and O–H groups in total. The number of hydrogen-bond donors (Lipinski definition) is 2. The van der Waals surface area contributed by atoms with Crippen LogP contribution < -0.4 is 11.1 Å². The van der Waals surface area contributed by atoms with Crippen molar-refractivity contribution in [2.45, 2.75) is 38.6 Å². The minimum absolute atomic E-state index is 0.0145. The highest BCUT2D eigenvalue weighted by Crippen LogP contribution is 2.33. The van der Waals surface area contributed by atoms with Gasteiger partial charge >= 0.3 is 0 Å². The van der Waals surface area contributed by atoms with E-state index in [1.807, 2.05) is 11.8 Å². The van der Waals surface area contributed by atoms with Gasteiger partial charge in [0.25, 0.3) is 5.91 Å². The average Bonchev–Trinajstić information content (AvgIpc) is 2.96. The zero-order chi connectivity index (χ0) is 18.7. The van der Waals surface area contributed by atoms with Gasteiger partial charge < -0.3 is 16.0 Å². The third-order valence-electron chi connectivity index (χ3n) is 4.89. The largest absolute Gasteiger partial charge is 0.354 e. The summed E-state index contributed by atoms with van der Waals surface area (Å²) in [6, 6.07) is 4.61. The quantitative estimate of drug-likeness (QED) is 0.841. The predicted molar refractivity (Wildman–Crippen MR) is 102 cm³/mol. The Morgan fingerprint density at radius 3 is 2.96 bits per heavy atom. The number of piperidine rings is 1. The molecule has 26 heavy (non-hydrogen) atoms. The Labute approximate surface area is 156 Å². The van der Waals surface area contributed by atoms with Crippen molar-refractivity contribution in [1.82, 2.24) is 10.2 Å². The van der Waals surface area contributed by atoms with Gasteiger partial charge in [-0.05, 0) is 55.3 Å². The summed E-state index contributed by atoms with van der Waals surface area (Å²) in [4.78, 5) is 27.4. The first kappa shape index (κ1) is 18.8. The maximum absolute atomic E-state index is 13.5. The van der Waals surface area contributed by atoms with Crippen LogP contribution >= 0.6 is 11.3 Å². The molecule has 1 saturated heterocycles.